The van der Waals surface area contributed by atoms with Gasteiger partial charge in [-0.2, -0.15) is 0 Å². The molecule has 11 nitrogen and oxygen atoms in total. The summed E-state index contributed by atoms with van der Waals surface area (Å²) >= 11 is 0. The van der Waals surface area contributed by atoms with E-state index in [1.165, 1.54) is 19.2 Å². The van der Waals surface area contributed by atoms with Crippen molar-refractivity contribution in [3.63, 3.8) is 0 Å². The van der Waals surface area contributed by atoms with Crippen LogP contribution in [-0.2, 0) is 44.7 Å². The first-order valence-electron chi connectivity index (χ1n) is 16.0. The number of allylic oxidation sites excluding steroid dienone is 1. The van der Waals surface area contributed by atoms with E-state index < -0.39 is 47.3 Å². The van der Waals surface area contributed by atoms with Crippen LogP contribution in [0.4, 0.5) is 0 Å². The van der Waals surface area contributed by atoms with Crippen molar-refractivity contribution in [2.45, 2.75) is 89.7 Å². The average molecular weight is 638 g/mol. The van der Waals surface area contributed by atoms with Gasteiger partial charge < -0.3 is 25.0 Å². The fraction of sp³-hybridized carbons (Fsp3) is 0.600. The third-order valence-electron chi connectivity index (χ3n) is 11.4. The highest BCUT2D eigenvalue weighted by molar-refractivity contribution is 5.95. The number of aromatic hydroxyl groups is 1. The molecule has 46 heavy (non-hydrogen) atoms. The van der Waals surface area contributed by atoms with Crippen LogP contribution in [0.2, 0.25) is 0 Å². The van der Waals surface area contributed by atoms with Crippen molar-refractivity contribution in [1.29, 1.82) is 0 Å². The summed E-state index contributed by atoms with van der Waals surface area (Å²) in [5.74, 6) is -2.90. The number of carbonyl (C=O) groups is 6. The first-order valence-corrected chi connectivity index (χ1v) is 16.0. The molecule has 7 atom stereocenters. The van der Waals surface area contributed by atoms with Crippen LogP contribution in [0.15, 0.2) is 35.9 Å². The molecule has 1 amide bonds. The van der Waals surface area contributed by atoms with Gasteiger partial charge in [0.25, 0.3) is 0 Å². The number of ether oxygens (including phenoxy) is 2. The summed E-state index contributed by atoms with van der Waals surface area (Å²) in [4.78, 5) is 76.7. The van der Waals surface area contributed by atoms with Crippen molar-refractivity contribution in [2.75, 3.05) is 13.7 Å². The number of rotatable bonds is 10. The minimum atomic E-state index is -1.84. The number of phenolic OH excluding ortho intramolecular Hbond substituents is 1. The number of nitrogens with one attached hydrogen (secondary N) is 1. The summed E-state index contributed by atoms with van der Waals surface area (Å²) < 4.78 is 9.98. The molecular formula is C35H43NO10. The summed E-state index contributed by atoms with van der Waals surface area (Å²) in [6.07, 6.45) is 4.43. The van der Waals surface area contributed by atoms with Crippen LogP contribution in [0.3, 0.4) is 0 Å². The third-order valence-corrected chi connectivity index (χ3v) is 11.4. The maximum atomic E-state index is 13.8. The first kappa shape index (κ1) is 33.5. The SMILES string of the molecule is COC(=O)[C@H](Cc1ccc(O)cc1)NC(=O)CCC(=O)OCC(=O)[C@@]1(O)CC[C@@H]2[C@@H]3CCC4=CC(=O)CC[C@]4(C)[C@H]3C(=O)C[C@@]21C. The smallest absolute Gasteiger partial charge is 0.328 e. The molecule has 248 valence electrons. The van der Waals surface area contributed by atoms with E-state index in [-0.39, 0.29) is 72.6 Å². The summed E-state index contributed by atoms with van der Waals surface area (Å²) in [6, 6.07) is 5.11. The molecule has 1 aromatic rings. The van der Waals surface area contributed by atoms with E-state index in [0.29, 0.717) is 24.8 Å². The highest BCUT2D eigenvalue weighted by atomic mass is 16.5. The van der Waals surface area contributed by atoms with E-state index >= 15 is 0 Å². The number of carbonyl (C=O) groups excluding carboxylic acids is 6. The van der Waals surface area contributed by atoms with Gasteiger partial charge in [-0.25, -0.2) is 4.79 Å². The number of Topliss-reactive ketones (excluding diaryl/α,β-unsaturated/α-hetero) is 2. The van der Waals surface area contributed by atoms with Crippen molar-refractivity contribution in [3.8, 4) is 5.75 Å². The Morgan fingerprint density at radius 2 is 1.74 bits per heavy atom. The van der Waals surface area contributed by atoms with Gasteiger partial charge in [-0.05, 0) is 73.1 Å². The predicted octanol–water partition coefficient (Wildman–Crippen LogP) is 2.93. The molecule has 11 heteroatoms. The highest BCUT2D eigenvalue weighted by Crippen LogP contribution is 2.66. The molecule has 3 N–H and O–H groups in total. The maximum Gasteiger partial charge on any atom is 0.328 e. The topological polar surface area (TPSA) is 173 Å². The number of ketones is 3. The fourth-order valence-electron chi connectivity index (χ4n) is 8.87. The zero-order valence-corrected chi connectivity index (χ0v) is 26.6. The van der Waals surface area contributed by atoms with E-state index in [2.05, 4.69) is 12.2 Å². The number of fused-ring (bicyclic) bond motifs is 5. The van der Waals surface area contributed by atoms with Gasteiger partial charge >= 0.3 is 11.9 Å². The summed E-state index contributed by atoms with van der Waals surface area (Å²) in [6.45, 7) is 3.21. The van der Waals surface area contributed by atoms with Gasteiger partial charge in [0.1, 0.15) is 23.2 Å². The minimum Gasteiger partial charge on any atom is -0.508 e. The molecule has 0 heterocycles. The van der Waals surface area contributed by atoms with Gasteiger partial charge in [-0.15, -0.1) is 0 Å². The zero-order chi connectivity index (χ0) is 33.4. The lowest BCUT2D eigenvalue weighted by Crippen LogP contribution is -2.61. The molecule has 3 fully saturated rings. The van der Waals surface area contributed by atoms with Crippen LogP contribution < -0.4 is 5.32 Å². The van der Waals surface area contributed by atoms with E-state index in [0.717, 1.165) is 18.4 Å². The Labute approximate surface area is 268 Å². The van der Waals surface area contributed by atoms with Crippen molar-refractivity contribution in [2.24, 2.45) is 28.6 Å². The number of hydrogen-bond acceptors (Lipinski definition) is 10. The number of methoxy groups -OCH3 is 1. The fourth-order valence-corrected chi connectivity index (χ4v) is 8.87. The second-order valence-electron chi connectivity index (χ2n) is 13.9. The van der Waals surface area contributed by atoms with Gasteiger partial charge in [0.05, 0.1) is 13.5 Å². The standard InChI is InChI=1S/C35H43NO10/c1-33-14-12-23(38)17-21(33)6-9-24-25-13-15-35(44,34(25,2)18-27(39)31(24)33)28(40)19-46-30(42)11-10-29(41)36-26(32(43)45-3)16-20-4-7-22(37)8-5-20/h4-5,7-8,17,24-26,31,37,44H,6,9-16,18-19H2,1-3H3,(H,36,41)/t24-,25+,26-,31+,33-,34-,35-/m0/s1. The molecule has 0 unspecified atom stereocenters. The van der Waals surface area contributed by atoms with Crippen LogP contribution in [-0.4, -0.2) is 70.8 Å². The monoisotopic (exact) mass is 637 g/mol. The van der Waals surface area contributed by atoms with Gasteiger partial charge in [0, 0.05) is 37.0 Å². The lowest BCUT2D eigenvalue weighted by Gasteiger charge is -2.57. The molecule has 0 aromatic heterocycles. The van der Waals surface area contributed by atoms with E-state index in [9.17, 15) is 39.0 Å². The Kier molecular flexibility index (Phi) is 9.28. The van der Waals surface area contributed by atoms with Gasteiger partial charge in [-0.1, -0.05) is 31.6 Å². The van der Waals surface area contributed by atoms with Gasteiger partial charge in [0.2, 0.25) is 11.7 Å². The number of esters is 2. The second-order valence-corrected chi connectivity index (χ2v) is 13.9. The molecule has 4 aliphatic carbocycles. The molecule has 5 rings (SSSR count). The van der Waals surface area contributed by atoms with E-state index in [1.54, 1.807) is 25.1 Å². The number of amides is 1. The molecule has 0 radical (unpaired) electrons. The lowest BCUT2D eigenvalue weighted by atomic mass is 9.46. The minimum absolute atomic E-state index is 0.00709. The predicted molar refractivity (Wildman–Crippen MR) is 163 cm³/mol. The largest absolute Gasteiger partial charge is 0.508 e. The van der Waals surface area contributed by atoms with Crippen LogP contribution in [0.5, 0.6) is 5.75 Å². The molecule has 4 aliphatic rings. The third kappa shape index (κ3) is 6.01. The van der Waals surface area contributed by atoms with Crippen molar-refractivity contribution < 1.29 is 48.5 Å². The number of aliphatic hydroxyl groups is 1. The zero-order valence-electron chi connectivity index (χ0n) is 26.6. The number of benzene rings is 1. The van der Waals surface area contributed by atoms with Crippen molar-refractivity contribution in [3.05, 3.63) is 41.5 Å². The Morgan fingerprint density at radius 1 is 1.02 bits per heavy atom. The Bertz CT molecular complexity index is 1470. The van der Waals surface area contributed by atoms with Gasteiger partial charge in [-0.3, -0.25) is 24.0 Å². The normalized spacial score (nSPS) is 32.3. The van der Waals surface area contributed by atoms with Crippen LogP contribution in [0.1, 0.15) is 77.2 Å². The molecule has 0 aliphatic heterocycles. The molecule has 0 spiro atoms. The van der Waals surface area contributed by atoms with E-state index in [1.807, 2.05) is 0 Å². The first-order chi connectivity index (χ1) is 21.7. The highest BCUT2D eigenvalue weighted by Gasteiger charge is 2.68. The van der Waals surface area contributed by atoms with E-state index in [4.69, 9.17) is 9.47 Å². The quantitative estimate of drug-likeness (QED) is 0.324. The van der Waals surface area contributed by atoms with Crippen LogP contribution in [0.25, 0.3) is 0 Å². The molecule has 0 saturated heterocycles. The lowest BCUT2D eigenvalue weighted by molar-refractivity contribution is -0.173. The Hall–Kier alpha value is -3.86. The molecule has 0 bridgehead atoms. The van der Waals surface area contributed by atoms with Crippen molar-refractivity contribution >= 4 is 35.2 Å². The molecule has 1 aromatic carbocycles. The Balaban J connectivity index is 1.16. The summed E-state index contributed by atoms with van der Waals surface area (Å²) in [5.41, 5.74) is -1.50. The average Bonchev–Trinajstić information content (AvgIpc) is 3.29. The Morgan fingerprint density at radius 3 is 2.43 bits per heavy atom. The molecular weight excluding hydrogens is 594 g/mol. The van der Waals surface area contributed by atoms with Crippen molar-refractivity contribution in [1.82, 2.24) is 5.32 Å². The molecule has 3 saturated carbocycles. The number of hydrogen-bond donors (Lipinski definition) is 3. The maximum absolute atomic E-state index is 13.8. The second kappa shape index (κ2) is 12.7. The van der Waals surface area contributed by atoms with Crippen LogP contribution in [0, 0.1) is 28.6 Å². The summed E-state index contributed by atoms with van der Waals surface area (Å²) in [7, 11) is 1.19. The number of phenols is 1. The summed E-state index contributed by atoms with van der Waals surface area (Å²) in [5, 5.41) is 23.8. The van der Waals surface area contributed by atoms with Gasteiger partial charge in [0.15, 0.2) is 12.4 Å². The van der Waals surface area contributed by atoms with Crippen LogP contribution >= 0.6 is 0 Å².